The van der Waals surface area contributed by atoms with Crippen molar-refractivity contribution in [2.24, 2.45) is 0 Å². The molecule has 3 aromatic rings. The maximum Gasteiger partial charge on any atom is 0.244 e. The quantitative estimate of drug-likeness (QED) is 0.426. The minimum absolute atomic E-state index is 0.206. The van der Waals surface area contributed by atoms with Crippen molar-refractivity contribution >= 4 is 33.4 Å². The molecule has 0 spiro atoms. The van der Waals surface area contributed by atoms with Crippen LogP contribution in [0.5, 0.6) is 0 Å². The smallest absolute Gasteiger partial charge is 0.244 e. The van der Waals surface area contributed by atoms with Crippen LogP contribution in [0.3, 0.4) is 0 Å². The third-order valence-corrected chi connectivity index (χ3v) is 8.25. The van der Waals surface area contributed by atoms with E-state index < -0.39 is 10.0 Å². The Balaban J connectivity index is 1.89. The molecule has 0 bridgehead atoms. The largest absolute Gasteiger partial charge is 0.325 e. The number of carbonyl (C=O) groups excluding carboxylic acids is 1. The molecule has 0 aliphatic heterocycles. The minimum Gasteiger partial charge on any atom is -0.325 e. The second kappa shape index (κ2) is 11.0. The van der Waals surface area contributed by atoms with Gasteiger partial charge in [0.15, 0.2) is 0 Å². The molecule has 1 amide bonds. The maximum atomic E-state index is 13.7. The number of hydrogen-bond donors (Lipinski definition) is 1. The summed E-state index contributed by atoms with van der Waals surface area (Å²) >= 11 is 1.58. The summed E-state index contributed by atoms with van der Waals surface area (Å²) in [6.45, 7) is 5.50. The fourth-order valence-electron chi connectivity index (χ4n) is 3.95. The van der Waals surface area contributed by atoms with E-state index in [0.29, 0.717) is 23.2 Å². The number of hydrogen-bond acceptors (Lipinski definition) is 4. The first-order valence-electron chi connectivity index (χ1n) is 10.8. The topological polar surface area (TPSA) is 66.5 Å². The zero-order valence-corrected chi connectivity index (χ0v) is 21.1. The first kappa shape index (κ1) is 25.0. The monoisotopic (exact) mass is 482 g/mol. The molecule has 0 aromatic heterocycles. The SMILES string of the molecule is CSc1cccc(NC(=O)CN(CCc2ccccc2)S(=O)(=O)c2c(C)cc(C)cc2C)c1. The van der Waals surface area contributed by atoms with Gasteiger partial charge in [-0.2, -0.15) is 4.31 Å². The van der Waals surface area contributed by atoms with Crippen LogP contribution in [0.2, 0.25) is 0 Å². The standard InChI is InChI=1S/C26H30N2O3S2/c1-19-15-20(2)26(21(3)16-19)33(30,31)28(14-13-22-9-6-5-7-10-22)18-25(29)27-23-11-8-12-24(17-23)32-4/h5-12,15-17H,13-14,18H2,1-4H3,(H,27,29). The molecule has 33 heavy (non-hydrogen) atoms. The highest BCUT2D eigenvalue weighted by Gasteiger charge is 2.29. The number of benzene rings is 3. The van der Waals surface area contributed by atoms with E-state index in [0.717, 1.165) is 16.0 Å². The molecule has 7 heteroatoms. The van der Waals surface area contributed by atoms with Crippen molar-refractivity contribution < 1.29 is 13.2 Å². The second-order valence-electron chi connectivity index (χ2n) is 8.08. The van der Waals surface area contributed by atoms with Crippen molar-refractivity contribution in [3.63, 3.8) is 0 Å². The number of carbonyl (C=O) groups is 1. The summed E-state index contributed by atoms with van der Waals surface area (Å²) in [6, 6.07) is 20.9. The maximum absolute atomic E-state index is 13.7. The Labute approximate surface area is 201 Å². The Bertz CT molecular complexity index is 1200. The van der Waals surface area contributed by atoms with Crippen LogP contribution in [0.25, 0.3) is 0 Å². The molecule has 5 nitrogen and oxygen atoms in total. The van der Waals surface area contributed by atoms with Crippen LogP contribution < -0.4 is 5.32 Å². The second-order valence-corrected chi connectivity index (χ2v) is 10.8. The summed E-state index contributed by atoms with van der Waals surface area (Å²) in [5.41, 5.74) is 4.04. The van der Waals surface area contributed by atoms with E-state index in [4.69, 9.17) is 0 Å². The van der Waals surface area contributed by atoms with Gasteiger partial charge in [-0.3, -0.25) is 4.79 Å². The molecule has 0 radical (unpaired) electrons. The molecule has 0 fully saturated rings. The molecule has 3 aromatic carbocycles. The van der Waals surface area contributed by atoms with E-state index >= 15 is 0 Å². The fourth-order valence-corrected chi connectivity index (χ4v) is 6.22. The van der Waals surface area contributed by atoms with Crippen LogP contribution in [0.1, 0.15) is 22.3 Å². The average molecular weight is 483 g/mol. The molecule has 0 atom stereocenters. The predicted molar refractivity (Wildman–Crippen MR) is 136 cm³/mol. The zero-order valence-electron chi connectivity index (χ0n) is 19.5. The molecular weight excluding hydrogens is 452 g/mol. The molecule has 0 aliphatic carbocycles. The van der Waals surface area contributed by atoms with Gasteiger partial charge in [0, 0.05) is 17.1 Å². The third-order valence-electron chi connectivity index (χ3n) is 5.37. The number of thioether (sulfide) groups is 1. The van der Waals surface area contributed by atoms with Crippen LogP contribution >= 0.6 is 11.8 Å². The molecule has 3 rings (SSSR count). The predicted octanol–water partition coefficient (Wildman–Crippen LogP) is 5.21. The van der Waals surface area contributed by atoms with Crippen LogP contribution in [0.4, 0.5) is 5.69 Å². The van der Waals surface area contributed by atoms with E-state index in [9.17, 15) is 13.2 Å². The Hall–Kier alpha value is -2.61. The summed E-state index contributed by atoms with van der Waals surface area (Å²) in [5.74, 6) is -0.368. The highest BCUT2D eigenvalue weighted by atomic mass is 32.2. The van der Waals surface area contributed by atoms with Crippen LogP contribution in [-0.4, -0.2) is 38.0 Å². The van der Waals surface area contributed by atoms with Gasteiger partial charge >= 0.3 is 0 Å². The summed E-state index contributed by atoms with van der Waals surface area (Å²) < 4.78 is 28.8. The minimum atomic E-state index is -3.88. The van der Waals surface area contributed by atoms with Gasteiger partial charge in [0.05, 0.1) is 11.4 Å². The van der Waals surface area contributed by atoms with Gasteiger partial charge < -0.3 is 5.32 Å². The Kier molecular flexibility index (Phi) is 8.35. The Morgan fingerprint density at radius 2 is 1.61 bits per heavy atom. The molecule has 174 valence electrons. The lowest BCUT2D eigenvalue weighted by Gasteiger charge is -2.24. The summed E-state index contributed by atoms with van der Waals surface area (Å²) in [7, 11) is -3.88. The van der Waals surface area contributed by atoms with Crippen LogP contribution in [0.15, 0.2) is 76.5 Å². The van der Waals surface area contributed by atoms with Gasteiger partial charge in [-0.15, -0.1) is 11.8 Å². The van der Waals surface area contributed by atoms with E-state index in [2.05, 4.69) is 5.32 Å². The van der Waals surface area contributed by atoms with Gasteiger partial charge in [0.25, 0.3) is 0 Å². The van der Waals surface area contributed by atoms with E-state index in [-0.39, 0.29) is 23.9 Å². The molecule has 0 aliphatic rings. The first-order valence-corrected chi connectivity index (χ1v) is 13.4. The summed E-state index contributed by atoms with van der Waals surface area (Å²) in [4.78, 5) is 14.2. The lowest BCUT2D eigenvalue weighted by Crippen LogP contribution is -2.39. The zero-order chi connectivity index (χ0) is 24.0. The molecule has 0 saturated heterocycles. The summed E-state index contributed by atoms with van der Waals surface area (Å²) in [6.07, 6.45) is 2.48. The average Bonchev–Trinajstić information content (AvgIpc) is 2.76. The number of nitrogens with one attached hydrogen (secondary N) is 1. The number of nitrogens with zero attached hydrogens (tertiary/aromatic N) is 1. The molecular formula is C26H30N2O3S2. The summed E-state index contributed by atoms with van der Waals surface area (Å²) in [5, 5.41) is 2.85. The Morgan fingerprint density at radius 3 is 2.24 bits per heavy atom. The van der Waals surface area contributed by atoms with Crippen molar-refractivity contribution in [2.45, 2.75) is 37.0 Å². The van der Waals surface area contributed by atoms with Gasteiger partial charge in [-0.1, -0.05) is 54.1 Å². The highest BCUT2D eigenvalue weighted by Crippen LogP contribution is 2.26. The molecule has 0 saturated carbocycles. The number of aryl methyl sites for hydroxylation is 3. The van der Waals surface area contributed by atoms with Crippen molar-refractivity contribution in [1.82, 2.24) is 4.31 Å². The van der Waals surface area contributed by atoms with Gasteiger partial charge in [-0.05, 0) is 68.3 Å². The Morgan fingerprint density at radius 1 is 0.939 bits per heavy atom. The fraction of sp³-hybridized carbons (Fsp3) is 0.269. The first-order chi connectivity index (χ1) is 15.7. The van der Waals surface area contributed by atoms with Crippen molar-refractivity contribution in [1.29, 1.82) is 0 Å². The van der Waals surface area contributed by atoms with Gasteiger partial charge in [0.2, 0.25) is 15.9 Å². The number of rotatable bonds is 9. The van der Waals surface area contributed by atoms with Crippen molar-refractivity contribution in [3.05, 3.63) is 89.0 Å². The van der Waals surface area contributed by atoms with Crippen LogP contribution in [-0.2, 0) is 21.2 Å². The van der Waals surface area contributed by atoms with Crippen molar-refractivity contribution in [3.8, 4) is 0 Å². The van der Waals surface area contributed by atoms with E-state index in [1.807, 2.05) is 73.8 Å². The lowest BCUT2D eigenvalue weighted by atomic mass is 10.1. The lowest BCUT2D eigenvalue weighted by molar-refractivity contribution is -0.116. The molecule has 0 unspecified atom stereocenters. The number of amides is 1. The van der Waals surface area contributed by atoms with E-state index in [1.54, 1.807) is 31.7 Å². The number of sulfonamides is 1. The third kappa shape index (κ3) is 6.47. The van der Waals surface area contributed by atoms with Crippen LogP contribution in [0, 0.1) is 20.8 Å². The van der Waals surface area contributed by atoms with Gasteiger partial charge in [-0.25, -0.2) is 8.42 Å². The van der Waals surface area contributed by atoms with Gasteiger partial charge in [0.1, 0.15) is 0 Å². The molecule has 1 N–H and O–H groups in total. The highest BCUT2D eigenvalue weighted by molar-refractivity contribution is 7.98. The van der Waals surface area contributed by atoms with E-state index in [1.165, 1.54) is 4.31 Å². The van der Waals surface area contributed by atoms with Crippen molar-refractivity contribution in [2.75, 3.05) is 24.7 Å². The molecule has 0 heterocycles. The normalized spacial score (nSPS) is 11.5. The number of anilines is 1.